The quantitative estimate of drug-likeness (QED) is 0.612. The second kappa shape index (κ2) is 8.16. The van der Waals surface area contributed by atoms with E-state index in [9.17, 15) is 13.2 Å². The maximum atomic E-state index is 12.0. The van der Waals surface area contributed by atoms with Crippen molar-refractivity contribution < 1.29 is 13.2 Å². The summed E-state index contributed by atoms with van der Waals surface area (Å²) in [7, 11) is -3.20. The van der Waals surface area contributed by atoms with E-state index in [4.69, 9.17) is 11.6 Å². The van der Waals surface area contributed by atoms with E-state index in [1.54, 1.807) is 6.07 Å². The van der Waals surface area contributed by atoms with Crippen LogP contribution in [-0.4, -0.2) is 45.2 Å². The van der Waals surface area contributed by atoms with Gasteiger partial charge in [0.05, 0.1) is 16.8 Å². The number of nitrogens with zero attached hydrogens (tertiary/aromatic N) is 1. The fourth-order valence-corrected chi connectivity index (χ4v) is 2.24. The lowest BCUT2D eigenvalue weighted by Gasteiger charge is -2.09. The minimum atomic E-state index is -3.20. The Balaban J connectivity index is 2.50. The molecule has 1 amide bonds. The first-order chi connectivity index (χ1) is 9.83. The molecule has 9 heteroatoms. The number of rotatable bonds is 8. The summed E-state index contributed by atoms with van der Waals surface area (Å²) in [6, 6.07) is 1.58. The molecule has 0 aromatic carbocycles. The van der Waals surface area contributed by atoms with Gasteiger partial charge in [-0.05, 0) is 19.4 Å². The van der Waals surface area contributed by atoms with E-state index in [0.717, 1.165) is 6.26 Å². The summed E-state index contributed by atoms with van der Waals surface area (Å²) in [5.74, 6) is 0.256. The number of carbonyl (C=O) groups is 1. The van der Waals surface area contributed by atoms with E-state index >= 15 is 0 Å². The molecule has 0 radical (unpaired) electrons. The van der Waals surface area contributed by atoms with Crippen molar-refractivity contribution in [1.82, 2.24) is 15.0 Å². The standard InChI is InChI=1S/C12H19ClN4O3S/c1-3-14-11-7-9(10(13)8-16-11)12(18)15-5-4-6-17-21(2,19)20/h7-8,17H,3-6H2,1-2H3,(H,14,16)(H,15,18). The molecule has 21 heavy (non-hydrogen) atoms. The van der Waals surface area contributed by atoms with Crippen LogP contribution in [-0.2, 0) is 10.0 Å². The third-order valence-corrected chi connectivity index (χ3v) is 3.49. The normalized spacial score (nSPS) is 11.2. The highest BCUT2D eigenvalue weighted by atomic mass is 35.5. The molecule has 1 heterocycles. The van der Waals surface area contributed by atoms with E-state index < -0.39 is 10.0 Å². The highest BCUT2D eigenvalue weighted by Crippen LogP contribution is 2.17. The van der Waals surface area contributed by atoms with Crippen LogP contribution >= 0.6 is 11.6 Å². The Kier molecular flexibility index (Phi) is 6.86. The molecule has 0 aliphatic carbocycles. The molecule has 0 fully saturated rings. The molecule has 118 valence electrons. The third kappa shape index (κ3) is 6.74. The molecule has 0 bridgehead atoms. The number of pyridine rings is 1. The van der Waals surface area contributed by atoms with Crippen molar-refractivity contribution in [1.29, 1.82) is 0 Å². The lowest BCUT2D eigenvalue weighted by atomic mass is 10.2. The SMILES string of the molecule is CCNc1cc(C(=O)NCCCNS(C)(=O)=O)c(Cl)cn1. The highest BCUT2D eigenvalue weighted by molar-refractivity contribution is 7.88. The number of halogens is 1. The number of aromatic nitrogens is 1. The van der Waals surface area contributed by atoms with Crippen molar-refractivity contribution in [3.63, 3.8) is 0 Å². The summed E-state index contributed by atoms with van der Waals surface area (Å²) in [5, 5.41) is 5.95. The highest BCUT2D eigenvalue weighted by Gasteiger charge is 2.11. The number of amides is 1. The van der Waals surface area contributed by atoms with Crippen LogP contribution < -0.4 is 15.4 Å². The summed E-state index contributed by atoms with van der Waals surface area (Å²) in [4.78, 5) is 16.0. The van der Waals surface area contributed by atoms with Crippen LogP contribution in [0.5, 0.6) is 0 Å². The summed E-state index contributed by atoms with van der Waals surface area (Å²) < 4.78 is 24.1. The number of sulfonamides is 1. The largest absolute Gasteiger partial charge is 0.370 e. The fourth-order valence-electron chi connectivity index (χ4n) is 1.53. The Morgan fingerprint density at radius 3 is 2.71 bits per heavy atom. The van der Waals surface area contributed by atoms with Gasteiger partial charge in [-0.1, -0.05) is 11.6 Å². The number of nitrogens with one attached hydrogen (secondary N) is 3. The number of hydrogen-bond donors (Lipinski definition) is 3. The minimum Gasteiger partial charge on any atom is -0.370 e. The lowest BCUT2D eigenvalue weighted by molar-refractivity contribution is 0.0953. The van der Waals surface area contributed by atoms with Gasteiger partial charge in [0.1, 0.15) is 5.82 Å². The smallest absolute Gasteiger partial charge is 0.252 e. The lowest BCUT2D eigenvalue weighted by Crippen LogP contribution is -2.29. The molecule has 0 aliphatic rings. The molecule has 1 aromatic heterocycles. The monoisotopic (exact) mass is 334 g/mol. The van der Waals surface area contributed by atoms with Gasteiger partial charge in [-0.3, -0.25) is 4.79 Å². The van der Waals surface area contributed by atoms with E-state index in [1.165, 1.54) is 6.20 Å². The predicted molar refractivity (Wildman–Crippen MR) is 83.2 cm³/mol. The van der Waals surface area contributed by atoms with Crippen LogP contribution in [0.3, 0.4) is 0 Å². The van der Waals surface area contributed by atoms with Gasteiger partial charge in [-0.25, -0.2) is 18.1 Å². The van der Waals surface area contributed by atoms with Crippen LogP contribution in [0.1, 0.15) is 23.7 Å². The van der Waals surface area contributed by atoms with Gasteiger partial charge < -0.3 is 10.6 Å². The fraction of sp³-hybridized carbons (Fsp3) is 0.500. The van der Waals surface area contributed by atoms with Crippen molar-refractivity contribution >= 4 is 33.3 Å². The third-order valence-electron chi connectivity index (χ3n) is 2.46. The van der Waals surface area contributed by atoms with Crippen molar-refractivity contribution in [2.75, 3.05) is 31.2 Å². The van der Waals surface area contributed by atoms with Gasteiger partial charge in [-0.2, -0.15) is 0 Å². The summed E-state index contributed by atoms with van der Waals surface area (Å²) in [6.07, 6.45) is 2.99. The molecule has 0 unspecified atom stereocenters. The van der Waals surface area contributed by atoms with Gasteiger partial charge in [0.25, 0.3) is 5.91 Å². The first-order valence-corrected chi connectivity index (χ1v) is 8.72. The first-order valence-electron chi connectivity index (χ1n) is 6.45. The number of carbonyl (C=O) groups excluding carboxylic acids is 1. The van der Waals surface area contributed by atoms with Crippen molar-refractivity contribution in [2.45, 2.75) is 13.3 Å². The van der Waals surface area contributed by atoms with Gasteiger partial charge in [0.15, 0.2) is 0 Å². The van der Waals surface area contributed by atoms with Crippen LogP contribution in [0.15, 0.2) is 12.3 Å². The average molecular weight is 335 g/mol. The van der Waals surface area contributed by atoms with Crippen molar-refractivity contribution in [2.24, 2.45) is 0 Å². The van der Waals surface area contributed by atoms with E-state index in [-0.39, 0.29) is 17.5 Å². The Bertz CT molecular complexity index is 592. The van der Waals surface area contributed by atoms with Gasteiger partial charge in [0, 0.05) is 25.8 Å². The number of anilines is 1. The first kappa shape index (κ1) is 17.7. The zero-order valence-electron chi connectivity index (χ0n) is 11.9. The Labute approximate surface area is 129 Å². The molecule has 1 rings (SSSR count). The van der Waals surface area contributed by atoms with E-state index in [2.05, 4.69) is 20.3 Å². The second-order valence-corrected chi connectivity index (χ2v) is 6.60. The molecule has 0 saturated carbocycles. The molecule has 7 nitrogen and oxygen atoms in total. The molecule has 0 aliphatic heterocycles. The van der Waals surface area contributed by atoms with Crippen LogP contribution in [0.2, 0.25) is 5.02 Å². The molecular weight excluding hydrogens is 316 g/mol. The summed E-state index contributed by atoms with van der Waals surface area (Å²) in [5.41, 5.74) is 0.332. The molecule has 0 saturated heterocycles. The molecular formula is C12H19ClN4O3S. The van der Waals surface area contributed by atoms with Crippen LogP contribution in [0.25, 0.3) is 0 Å². The zero-order valence-corrected chi connectivity index (χ0v) is 13.5. The van der Waals surface area contributed by atoms with E-state index in [0.29, 0.717) is 30.9 Å². The Morgan fingerprint density at radius 1 is 1.38 bits per heavy atom. The van der Waals surface area contributed by atoms with Gasteiger partial charge in [-0.15, -0.1) is 0 Å². The maximum absolute atomic E-state index is 12.0. The number of hydrogen-bond acceptors (Lipinski definition) is 5. The molecule has 3 N–H and O–H groups in total. The van der Waals surface area contributed by atoms with Crippen molar-refractivity contribution in [3.8, 4) is 0 Å². The average Bonchev–Trinajstić information content (AvgIpc) is 2.39. The second-order valence-electron chi connectivity index (χ2n) is 4.36. The Morgan fingerprint density at radius 2 is 2.10 bits per heavy atom. The minimum absolute atomic E-state index is 0.267. The van der Waals surface area contributed by atoms with Crippen LogP contribution in [0.4, 0.5) is 5.82 Å². The Hall–Kier alpha value is -1.38. The van der Waals surface area contributed by atoms with E-state index in [1.807, 2.05) is 6.92 Å². The molecule has 0 atom stereocenters. The topological polar surface area (TPSA) is 100 Å². The van der Waals surface area contributed by atoms with Crippen molar-refractivity contribution in [3.05, 3.63) is 22.8 Å². The predicted octanol–water partition coefficient (Wildman–Crippen LogP) is 0.836. The van der Waals surface area contributed by atoms with Gasteiger partial charge >= 0.3 is 0 Å². The molecule has 1 aromatic rings. The van der Waals surface area contributed by atoms with Gasteiger partial charge in [0.2, 0.25) is 10.0 Å². The molecule has 0 spiro atoms. The summed E-state index contributed by atoms with van der Waals surface area (Å²) >= 11 is 5.95. The maximum Gasteiger partial charge on any atom is 0.252 e. The summed E-state index contributed by atoms with van der Waals surface area (Å²) in [6.45, 7) is 3.22. The zero-order chi connectivity index (χ0) is 15.9. The van der Waals surface area contributed by atoms with Crippen LogP contribution in [0, 0.1) is 0 Å².